The van der Waals surface area contributed by atoms with Crippen LogP contribution in [0.5, 0.6) is 0 Å². The van der Waals surface area contributed by atoms with E-state index < -0.39 is 9.84 Å². The predicted octanol–water partition coefficient (Wildman–Crippen LogP) is 2.18. The third-order valence-electron chi connectivity index (χ3n) is 3.85. The van der Waals surface area contributed by atoms with E-state index in [-0.39, 0.29) is 23.2 Å². The maximum Gasteiger partial charge on any atom is 0.167 e. The second-order valence-electron chi connectivity index (χ2n) is 5.33. The first-order valence-corrected chi connectivity index (χ1v) is 8.22. The molecule has 1 aliphatic carbocycles. The number of hydrogen-bond acceptors (Lipinski definition) is 3. The summed E-state index contributed by atoms with van der Waals surface area (Å²) in [5, 5.41) is 0. The largest absolute Gasteiger partial charge is 0.294 e. The summed E-state index contributed by atoms with van der Waals surface area (Å²) in [4.78, 5) is 12.4. The van der Waals surface area contributed by atoms with Gasteiger partial charge in [-0.25, -0.2) is 8.42 Å². The smallest absolute Gasteiger partial charge is 0.167 e. The molecule has 0 spiro atoms. The lowest BCUT2D eigenvalue weighted by Gasteiger charge is -2.11. The normalized spacial score (nSPS) is 26.1. The molecule has 0 amide bonds. The molecule has 2 fully saturated rings. The van der Waals surface area contributed by atoms with Gasteiger partial charge in [-0.1, -0.05) is 24.3 Å². The number of carbonyl (C=O) groups excluding carboxylic acids is 1. The highest BCUT2D eigenvalue weighted by Crippen LogP contribution is 2.42. The summed E-state index contributed by atoms with van der Waals surface area (Å²) in [5.41, 5.74) is 1.87. The van der Waals surface area contributed by atoms with E-state index in [1.165, 1.54) is 0 Å². The summed E-state index contributed by atoms with van der Waals surface area (Å²) in [6.45, 7) is 0. The summed E-state index contributed by atoms with van der Waals surface area (Å²) in [7, 11) is -2.99. The van der Waals surface area contributed by atoms with Crippen LogP contribution in [0.1, 0.15) is 41.1 Å². The Balaban J connectivity index is 1.89. The van der Waals surface area contributed by atoms with Gasteiger partial charge in [0, 0.05) is 11.5 Å². The number of benzene rings is 1. The average molecular weight is 264 g/mol. The van der Waals surface area contributed by atoms with Crippen LogP contribution in [0.15, 0.2) is 24.3 Å². The molecule has 2 aliphatic rings. The number of Topliss-reactive ketones (excluding diaryl/α,β-unsaturated/α-hetero) is 1. The molecule has 1 aromatic rings. The molecule has 3 nitrogen and oxygen atoms in total. The van der Waals surface area contributed by atoms with Gasteiger partial charge in [-0.15, -0.1) is 0 Å². The van der Waals surface area contributed by atoms with Crippen molar-refractivity contribution in [1.29, 1.82) is 0 Å². The van der Waals surface area contributed by atoms with Crippen LogP contribution in [0.2, 0.25) is 0 Å². The van der Waals surface area contributed by atoms with Crippen LogP contribution in [-0.4, -0.2) is 25.7 Å². The van der Waals surface area contributed by atoms with E-state index in [0.29, 0.717) is 12.3 Å². The minimum atomic E-state index is -2.99. The Bertz CT molecular complexity index is 585. The first kappa shape index (κ1) is 11.9. The van der Waals surface area contributed by atoms with Gasteiger partial charge in [-0.3, -0.25) is 4.79 Å². The highest BCUT2D eigenvalue weighted by molar-refractivity contribution is 7.91. The van der Waals surface area contributed by atoms with Gasteiger partial charge in [0.1, 0.15) is 0 Å². The van der Waals surface area contributed by atoms with Crippen LogP contribution < -0.4 is 0 Å². The van der Waals surface area contributed by atoms with Crippen LogP contribution in [0.4, 0.5) is 0 Å². The van der Waals surface area contributed by atoms with Crippen molar-refractivity contribution in [2.45, 2.75) is 25.2 Å². The SMILES string of the molecule is O=C(c1ccccc1C1CC1)C1CCS(=O)(=O)C1. The van der Waals surface area contributed by atoms with Gasteiger partial charge in [0.25, 0.3) is 0 Å². The Labute approximate surface area is 107 Å². The van der Waals surface area contributed by atoms with Gasteiger partial charge in [-0.05, 0) is 30.7 Å². The van der Waals surface area contributed by atoms with Crippen molar-refractivity contribution in [1.82, 2.24) is 0 Å². The summed E-state index contributed by atoms with van der Waals surface area (Å²) in [5.74, 6) is 0.413. The lowest BCUT2D eigenvalue weighted by molar-refractivity contribution is 0.0932. The predicted molar refractivity (Wildman–Crippen MR) is 69.5 cm³/mol. The van der Waals surface area contributed by atoms with Crippen molar-refractivity contribution in [3.63, 3.8) is 0 Å². The minimum absolute atomic E-state index is 0.0265. The van der Waals surface area contributed by atoms with Crippen molar-refractivity contribution in [3.05, 3.63) is 35.4 Å². The van der Waals surface area contributed by atoms with Gasteiger partial charge in [0.05, 0.1) is 11.5 Å². The fourth-order valence-corrected chi connectivity index (χ4v) is 4.43. The van der Waals surface area contributed by atoms with Gasteiger partial charge in [0.15, 0.2) is 15.6 Å². The monoisotopic (exact) mass is 264 g/mol. The summed E-state index contributed by atoms with van der Waals surface area (Å²) in [6, 6.07) is 7.67. The molecule has 4 heteroatoms. The van der Waals surface area contributed by atoms with Gasteiger partial charge < -0.3 is 0 Å². The molecule has 0 aromatic heterocycles. The Morgan fingerprint density at radius 3 is 2.44 bits per heavy atom. The number of rotatable bonds is 3. The first-order chi connectivity index (χ1) is 8.57. The molecule has 0 N–H and O–H groups in total. The van der Waals surface area contributed by atoms with E-state index in [1.807, 2.05) is 24.3 Å². The summed E-state index contributed by atoms with van der Waals surface area (Å²) < 4.78 is 22.9. The van der Waals surface area contributed by atoms with Crippen LogP contribution in [0, 0.1) is 5.92 Å². The standard InChI is InChI=1S/C14H16O3S/c15-14(11-7-8-18(16,17)9-11)13-4-2-1-3-12(13)10-5-6-10/h1-4,10-11H,5-9H2. The highest BCUT2D eigenvalue weighted by Gasteiger charge is 2.35. The fourth-order valence-electron chi connectivity index (χ4n) is 2.69. The van der Waals surface area contributed by atoms with Gasteiger partial charge in [-0.2, -0.15) is 0 Å². The van der Waals surface area contributed by atoms with Crippen LogP contribution >= 0.6 is 0 Å². The summed E-state index contributed by atoms with van der Waals surface area (Å²) in [6.07, 6.45) is 2.78. The van der Waals surface area contributed by atoms with E-state index in [4.69, 9.17) is 0 Å². The molecule has 0 bridgehead atoms. The summed E-state index contributed by atoms with van der Waals surface area (Å²) >= 11 is 0. The molecule has 1 unspecified atom stereocenters. The fraction of sp³-hybridized carbons (Fsp3) is 0.500. The van der Waals surface area contributed by atoms with Crippen molar-refractivity contribution >= 4 is 15.6 Å². The van der Waals surface area contributed by atoms with E-state index in [2.05, 4.69) is 0 Å². The molecular formula is C14H16O3S. The lowest BCUT2D eigenvalue weighted by atomic mass is 9.92. The molecule has 96 valence electrons. The molecule has 1 aromatic carbocycles. The average Bonchev–Trinajstić information content (AvgIpc) is 3.13. The van der Waals surface area contributed by atoms with Crippen LogP contribution in [0.25, 0.3) is 0 Å². The number of hydrogen-bond donors (Lipinski definition) is 0. The van der Waals surface area contributed by atoms with E-state index >= 15 is 0 Å². The maximum absolute atomic E-state index is 12.4. The topological polar surface area (TPSA) is 51.2 Å². The number of sulfone groups is 1. The maximum atomic E-state index is 12.4. The van der Waals surface area contributed by atoms with E-state index in [0.717, 1.165) is 24.0 Å². The van der Waals surface area contributed by atoms with Crippen molar-refractivity contribution in [2.75, 3.05) is 11.5 Å². The second kappa shape index (κ2) is 4.19. The lowest BCUT2D eigenvalue weighted by Crippen LogP contribution is -2.17. The third kappa shape index (κ3) is 2.21. The van der Waals surface area contributed by atoms with Crippen LogP contribution in [0.3, 0.4) is 0 Å². The molecule has 1 heterocycles. The Morgan fingerprint density at radius 2 is 1.83 bits per heavy atom. The molecule has 0 radical (unpaired) electrons. The van der Waals surface area contributed by atoms with E-state index in [1.54, 1.807) is 0 Å². The third-order valence-corrected chi connectivity index (χ3v) is 5.61. The Hall–Kier alpha value is -1.16. The molecule has 1 saturated heterocycles. The molecule has 1 atom stereocenters. The first-order valence-electron chi connectivity index (χ1n) is 6.40. The van der Waals surface area contributed by atoms with Crippen molar-refractivity contribution in [3.8, 4) is 0 Å². The number of carbonyl (C=O) groups is 1. The van der Waals surface area contributed by atoms with Gasteiger partial charge >= 0.3 is 0 Å². The Morgan fingerprint density at radius 1 is 1.11 bits per heavy atom. The zero-order valence-corrected chi connectivity index (χ0v) is 10.9. The quantitative estimate of drug-likeness (QED) is 0.786. The molecule has 3 rings (SSSR count). The minimum Gasteiger partial charge on any atom is -0.294 e. The molecule has 18 heavy (non-hydrogen) atoms. The van der Waals surface area contributed by atoms with Crippen molar-refractivity contribution in [2.24, 2.45) is 5.92 Å². The second-order valence-corrected chi connectivity index (χ2v) is 7.55. The molecule has 1 saturated carbocycles. The van der Waals surface area contributed by atoms with Gasteiger partial charge in [0.2, 0.25) is 0 Å². The van der Waals surface area contributed by atoms with Crippen molar-refractivity contribution < 1.29 is 13.2 Å². The van der Waals surface area contributed by atoms with E-state index in [9.17, 15) is 13.2 Å². The molecule has 1 aliphatic heterocycles. The molecular weight excluding hydrogens is 248 g/mol. The zero-order chi connectivity index (χ0) is 12.8. The Kier molecular flexibility index (Phi) is 2.77. The highest BCUT2D eigenvalue weighted by atomic mass is 32.2. The zero-order valence-electron chi connectivity index (χ0n) is 10.1. The van der Waals surface area contributed by atoms with Crippen LogP contribution in [-0.2, 0) is 9.84 Å². The number of ketones is 1.